The van der Waals surface area contributed by atoms with Crippen molar-refractivity contribution in [1.82, 2.24) is 18.5 Å². The lowest BCUT2D eigenvalue weighted by molar-refractivity contribution is -0.137. The first-order valence-electron chi connectivity index (χ1n) is 9.13. The first-order chi connectivity index (χ1) is 15.5. The topological polar surface area (TPSA) is 98.9 Å². The number of hydrogen-bond acceptors (Lipinski definition) is 7. The maximum atomic E-state index is 13.1. The summed E-state index contributed by atoms with van der Waals surface area (Å²) in [5, 5.41) is 4.29. The highest BCUT2D eigenvalue weighted by atomic mass is 35.5. The van der Waals surface area contributed by atoms with Crippen molar-refractivity contribution in [3.05, 3.63) is 60.7 Å². The van der Waals surface area contributed by atoms with Crippen LogP contribution in [0, 0.1) is 0 Å². The number of nitrogens with zero attached hydrogens (tertiary/aromatic N) is 4. The van der Waals surface area contributed by atoms with E-state index >= 15 is 0 Å². The molecule has 8 nitrogen and oxygen atoms in total. The summed E-state index contributed by atoms with van der Waals surface area (Å²) >= 11 is 7.78. The fourth-order valence-corrected chi connectivity index (χ4v) is 4.94. The summed E-state index contributed by atoms with van der Waals surface area (Å²) < 4.78 is 45.5. The minimum absolute atomic E-state index is 0.0928. The van der Waals surface area contributed by atoms with Gasteiger partial charge >= 0.3 is 11.9 Å². The first-order valence-corrected chi connectivity index (χ1v) is 11.2. The van der Waals surface area contributed by atoms with Gasteiger partial charge in [-0.2, -0.15) is 17.5 Å². The number of alkyl halides is 3. The number of carbonyl (C=O) groups excluding carboxylic acids is 1. The second kappa shape index (κ2) is 8.39. The third-order valence-electron chi connectivity index (χ3n) is 4.74. The van der Waals surface area contributed by atoms with Gasteiger partial charge in [0.1, 0.15) is 4.83 Å². The summed E-state index contributed by atoms with van der Waals surface area (Å²) in [6, 6.07) is 3.09. The zero-order valence-electron chi connectivity index (χ0n) is 16.9. The number of thiazole rings is 1. The maximum absolute atomic E-state index is 13.1. The van der Waals surface area contributed by atoms with Gasteiger partial charge in [0, 0.05) is 30.1 Å². The minimum atomic E-state index is -4.57. The predicted octanol–water partition coefficient (Wildman–Crippen LogP) is 3.67. The second-order valence-corrected chi connectivity index (χ2v) is 9.05. The van der Waals surface area contributed by atoms with Crippen molar-refractivity contribution >= 4 is 55.7 Å². The minimum Gasteiger partial charge on any atom is -0.302 e. The predicted molar refractivity (Wildman–Crippen MR) is 120 cm³/mol. The van der Waals surface area contributed by atoms with Crippen molar-refractivity contribution in [3.8, 4) is 11.3 Å². The molecule has 0 unspecified atom stereocenters. The monoisotopic (exact) mass is 515 g/mol. The third kappa shape index (κ3) is 4.43. The normalized spacial score (nSPS) is 11.8. The molecule has 1 aromatic carbocycles. The van der Waals surface area contributed by atoms with Crippen LogP contribution in [0.25, 0.3) is 21.5 Å². The van der Waals surface area contributed by atoms with E-state index in [9.17, 15) is 27.6 Å². The Bertz CT molecular complexity index is 1520. The molecule has 0 spiro atoms. The van der Waals surface area contributed by atoms with Crippen LogP contribution in [-0.4, -0.2) is 24.4 Å². The van der Waals surface area contributed by atoms with Crippen LogP contribution in [0.3, 0.4) is 0 Å². The van der Waals surface area contributed by atoms with Gasteiger partial charge in [-0.05, 0) is 29.7 Å². The fourth-order valence-electron chi connectivity index (χ4n) is 3.12. The van der Waals surface area contributed by atoms with E-state index in [1.165, 1.54) is 30.1 Å². The SMILES string of the molecule is Cn1c(=O)c2c(CC(=O)Nc3nc(-c4cc(Cl)cc(C(F)(F)F)c4)cs3)nsc2n(C)c1=O. The zero-order valence-corrected chi connectivity index (χ0v) is 19.2. The van der Waals surface area contributed by atoms with E-state index in [4.69, 9.17) is 11.6 Å². The second-order valence-electron chi connectivity index (χ2n) is 7.00. The molecule has 3 heterocycles. The van der Waals surface area contributed by atoms with E-state index in [1.807, 2.05) is 0 Å². The third-order valence-corrected chi connectivity index (χ3v) is 6.68. The van der Waals surface area contributed by atoms with Crippen molar-refractivity contribution in [1.29, 1.82) is 0 Å². The largest absolute Gasteiger partial charge is 0.416 e. The Balaban J connectivity index is 1.57. The van der Waals surface area contributed by atoms with Crippen molar-refractivity contribution in [3.63, 3.8) is 0 Å². The van der Waals surface area contributed by atoms with Crippen LogP contribution in [0.2, 0.25) is 5.02 Å². The Hall–Kier alpha value is -3.03. The van der Waals surface area contributed by atoms with Crippen LogP contribution in [-0.2, 0) is 31.5 Å². The van der Waals surface area contributed by atoms with Gasteiger partial charge in [0.15, 0.2) is 5.13 Å². The Morgan fingerprint density at radius 3 is 2.61 bits per heavy atom. The van der Waals surface area contributed by atoms with E-state index in [2.05, 4.69) is 14.7 Å². The molecular weight excluding hydrogens is 503 g/mol. The van der Waals surface area contributed by atoms with Crippen LogP contribution in [0.4, 0.5) is 18.3 Å². The molecule has 14 heteroatoms. The number of benzene rings is 1. The average molecular weight is 516 g/mol. The zero-order chi connectivity index (χ0) is 24.1. The lowest BCUT2D eigenvalue weighted by atomic mass is 10.1. The number of aryl methyl sites for hydroxylation is 1. The molecule has 1 amide bonds. The van der Waals surface area contributed by atoms with Gasteiger partial charge < -0.3 is 5.32 Å². The van der Waals surface area contributed by atoms with Gasteiger partial charge in [-0.15, -0.1) is 11.3 Å². The molecule has 0 aliphatic carbocycles. The standard InChI is InChI=1S/C19H13ClF3N5O3S2/c1-27-15(30)14-11(26-33-16(14)28(2)18(27)31)6-13(29)25-17-24-12(7-32-17)8-3-9(19(21,22)23)5-10(20)4-8/h3-5,7H,6H2,1-2H3,(H,24,25,29). The number of carbonyl (C=O) groups is 1. The number of rotatable bonds is 4. The Morgan fingerprint density at radius 1 is 1.18 bits per heavy atom. The molecule has 0 bridgehead atoms. The molecule has 4 aromatic rings. The van der Waals surface area contributed by atoms with Gasteiger partial charge in [0.25, 0.3) is 5.56 Å². The fraction of sp³-hybridized carbons (Fsp3) is 0.211. The van der Waals surface area contributed by atoms with Gasteiger partial charge in [0.05, 0.1) is 28.8 Å². The van der Waals surface area contributed by atoms with Gasteiger partial charge in [0.2, 0.25) is 5.91 Å². The Kier molecular flexibility index (Phi) is 5.88. The molecule has 0 aliphatic heterocycles. The number of aromatic nitrogens is 4. The number of amides is 1. The van der Waals surface area contributed by atoms with Gasteiger partial charge in [-0.25, -0.2) is 9.78 Å². The van der Waals surface area contributed by atoms with Crippen molar-refractivity contribution < 1.29 is 18.0 Å². The summed E-state index contributed by atoms with van der Waals surface area (Å²) in [5.74, 6) is -0.527. The molecule has 0 fully saturated rings. The van der Waals surface area contributed by atoms with Crippen molar-refractivity contribution in [2.45, 2.75) is 12.6 Å². The van der Waals surface area contributed by atoms with Gasteiger partial charge in [-0.3, -0.25) is 18.7 Å². The highest BCUT2D eigenvalue weighted by molar-refractivity contribution is 7.14. The quantitative estimate of drug-likeness (QED) is 0.447. The molecule has 0 saturated heterocycles. The molecule has 0 radical (unpaired) electrons. The van der Waals surface area contributed by atoms with Crippen LogP contribution in [0.15, 0.2) is 33.2 Å². The summed E-state index contributed by atoms with van der Waals surface area (Å²) in [4.78, 5) is 41.6. The average Bonchev–Trinajstić information content (AvgIpc) is 3.37. The van der Waals surface area contributed by atoms with Crippen LogP contribution < -0.4 is 16.6 Å². The molecule has 0 saturated carbocycles. The molecule has 33 heavy (non-hydrogen) atoms. The first kappa shape index (κ1) is 23.1. The van der Waals surface area contributed by atoms with Crippen molar-refractivity contribution in [2.75, 3.05) is 5.32 Å². The van der Waals surface area contributed by atoms with E-state index < -0.39 is 28.9 Å². The van der Waals surface area contributed by atoms with Gasteiger partial charge in [-0.1, -0.05) is 11.6 Å². The molecule has 0 atom stereocenters. The molecule has 172 valence electrons. The smallest absolute Gasteiger partial charge is 0.302 e. The summed E-state index contributed by atoms with van der Waals surface area (Å²) in [6.45, 7) is 0. The Morgan fingerprint density at radius 2 is 1.91 bits per heavy atom. The van der Waals surface area contributed by atoms with Crippen LogP contribution in [0.1, 0.15) is 11.3 Å². The number of anilines is 1. The summed E-state index contributed by atoms with van der Waals surface area (Å²) in [7, 11) is 2.84. The maximum Gasteiger partial charge on any atom is 0.416 e. The highest BCUT2D eigenvalue weighted by Gasteiger charge is 2.31. The highest BCUT2D eigenvalue weighted by Crippen LogP contribution is 2.35. The lowest BCUT2D eigenvalue weighted by Crippen LogP contribution is -2.36. The number of halogens is 4. The summed E-state index contributed by atoms with van der Waals surface area (Å²) in [6.07, 6.45) is -4.82. The number of hydrogen-bond donors (Lipinski definition) is 1. The molecule has 4 rings (SSSR count). The van der Waals surface area contributed by atoms with E-state index in [1.54, 1.807) is 0 Å². The lowest BCUT2D eigenvalue weighted by Gasteiger charge is -2.08. The van der Waals surface area contributed by atoms with E-state index in [0.29, 0.717) is 4.83 Å². The molecule has 3 aromatic heterocycles. The van der Waals surface area contributed by atoms with Crippen molar-refractivity contribution in [2.24, 2.45) is 14.1 Å². The summed E-state index contributed by atoms with van der Waals surface area (Å²) in [5.41, 5.74) is -1.38. The molecule has 1 N–H and O–H groups in total. The number of fused-ring (bicyclic) bond motifs is 1. The van der Waals surface area contributed by atoms with E-state index in [0.717, 1.165) is 39.6 Å². The van der Waals surface area contributed by atoms with Crippen LogP contribution in [0.5, 0.6) is 0 Å². The van der Waals surface area contributed by atoms with E-state index in [-0.39, 0.29) is 38.9 Å². The molecule has 0 aliphatic rings. The van der Waals surface area contributed by atoms with Crippen LogP contribution >= 0.6 is 34.5 Å². The number of nitrogens with one attached hydrogen (secondary N) is 1. The molecular formula is C19H13ClF3N5O3S2. The Labute approximate surface area is 196 Å².